The van der Waals surface area contributed by atoms with Gasteiger partial charge in [0, 0.05) is 25.5 Å². The van der Waals surface area contributed by atoms with E-state index in [9.17, 15) is 4.79 Å². The standard InChI is InChI=1S/C15H25N3O/c1-15(2,16)14(19)18-11-6-4-5-8-13(18)12-9-7-10-17(12)3/h7,9-10,13H,4-6,8,11,16H2,1-3H3. The molecule has 1 amide bonds. The van der Waals surface area contributed by atoms with E-state index in [0.717, 1.165) is 19.4 Å². The van der Waals surface area contributed by atoms with Gasteiger partial charge in [-0.05, 0) is 38.8 Å². The van der Waals surface area contributed by atoms with Crippen LogP contribution < -0.4 is 5.73 Å². The molecule has 19 heavy (non-hydrogen) atoms. The lowest BCUT2D eigenvalue weighted by molar-refractivity contribution is -0.138. The van der Waals surface area contributed by atoms with E-state index in [1.165, 1.54) is 18.5 Å². The molecule has 1 aromatic heterocycles. The van der Waals surface area contributed by atoms with Crippen LogP contribution in [0.15, 0.2) is 18.3 Å². The minimum absolute atomic E-state index is 0.0561. The van der Waals surface area contributed by atoms with Gasteiger partial charge in [-0.2, -0.15) is 0 Å². The van der Waals surface area contributed by atoms with Crippen LogP contribution in [0.5, 0.6) is 0 Å². The van der Waals surface area contributed by atoms with E-state index in [0.29, 0.717) is 0 Å². The number of amides is 1. The molecule has 1 aliphatic heterocycles. The molecule has 1 fully saturated rings. The first-order valence-electron chi connectivity index (χ1n) is 7.12. The summed E-state index contributed by atoms with van der Waals surface area (Å²) in [4.78, 5) is 14.6. The number of rotatable bonds is 2. The summed E-state index contributed by atoms with van der Waals surface area (Å²) >= 11 is 0. The van der Waals surface area contributed by atoms with E-state index >= 15 is 0 Å². The van der Waals surface area contributed by atoms with E-state index in [1.807, 2.05) is 24.2 Å². The summed E-state index contributed by atoms with van der Waals surface area (Å²) in [7, 11) is 2.04. The van der Waals surface area contributed by atoms with Gasteiger partial charge in [-0.25, -0.2) is 0 Å². The van der Waals surface area contributed by atoms with Crippen molar-refractivity contribution < 1.29 is 4.79 Å². The van der Waals surface area contributed by atoms with Gasteiger partial charge in [0.15, 0.2) is 0 Å². The van der Waals surface area contributed by atoms with Crippen LogP contribution >= 0.6 is 0 Å². The summed E-state index contributed by atoms with van der Waals surface area (Å²) in [5, 5.41) is 0. The maximum Gasteiger partial charge on any atom is 0.242 e. The molecule has 2 N–H and O–H groups in total. The van der Waals surface area contributed by atoms with Crippen molar-refractivity contribution in [2.45, 2.75) is 51.1 Å². The molecule has 1 atom stereocenters. The predicted octanol–water partition coefficient (Wildman–Crippen LogP) is 2.21. The minimum atomic E-state index is -0.798. The van der Waals surface area contributed by atoms with Gasteiger partial charge in [0.05, 0.1) is 11.6 Å². The Kier molecular flexibility index (Phi) is 3.99. The summed E-state index contributed by atoms with van der Waals surface area (Å²) in [5.74, 6) is 0.0561. The van der Waals surface area contributed by atoms with E-state index < -0.39 is 5.54 Å². The molecule has 0 bridgehead atoms. The van der Waals surface area contributed by atoms with E-state index in [-0.39, 0.29) is 11.9 Å². The summed E-state index contributed by atoms with van der Waals surface area (Å²) < 4.78 is 2.11. The summed E-state index contributed by atoms with van der Waals surface area (Å²) in [6.45, 7) is 4.40. The first kappa shape index (κ1) is 14.1. The highest BCUT2D eigenvalue weighted by Crippen LogP contribution is 2.31. The van der Waals surface area contributed by atoms with E-state index in [4.69, 9.17) is 5.73 Å². The summed E-state index contributed by atoms with van der Waals surface area (Å²) in [6.07, 6.45) is 6.50. The van der Waals surface area contributed by atoms with Gasteiger partial charge in [-0.15, -0.1) is 0 Å². The Morgan fingerprint density at radius 2 is 2.11 bits per heavy atom. The lowest BCUT2D eigenvalue weighted by atomic mass is 10.0. The number of hydrogen-bond donors (Lipinski definition) is 1. The Morgan fingerprint density at radius 3 is 2.68 bits per heavy atom. The number of nitrogens with zero attached hydrogens (tertiary/aromatic N) is 2. The number of nitrogens with two attached hydrogens (primary N) is 1. The van der Waals surface area contributed by atoms with Crippen molar-refractivity contribution in [2.24, 2.45) is 12.8 Å². The number of carbonyl (C=O) groups excluding carboxylic acids is 1. The highest BCUT2D eigenvalue weighted by molar-refractivity contribution is 5.85. The number of likely N-dealkylation sites (tertiary alicyclic amines) is 1. The Bertz CT molecular complexity index is 444. The third-order valence-electron chi connectivity index (χ3n) is 3.89. The number of aryl methyl sites for hydroxylation is 1. The largest absolute Gasteiger partial charge is 0.353 e. The van der Waals surface area contributed by atoms with Crippen LogP contribution in [0.25, 0.3) is 0 Å². The molecule has 0 spiro atoms. The molecule has 0 aromatic carbocycles. The minimum Gasteiger partial charge on any atom is -0.353 e. The fourth-order valence-electron chi connectivity index (χ4n) is 2.85. The van der Waals surface area contributed by atoms with Gasteiger partial charge in [-0.1, -0.05) is 12.8 Å². The van der Waals surface area contributed by atoms with Crippen molar-refractivity contribution in [1.82, 2.24) is 9.47 Å². The topological polar surface area (TPSA) is 51.3 Å². The van der Waals surface area contributed by atoms with Crippen LogP contribution in [0, 0.1) is 0 Å². The highest BCUT2D eigenvalue weighted by atomic mass is 16.2. The fourth-order valence-corrected chi connectivity index (χ4v) is 2.85. The quantitative estimate of drug-likeness (QED) is 0.889. The molecule has 2 rings (SSSR count). The molecule has 0 saturated carbocycles. The van der Waals surface area contributed by atoms with Crippen molar-refractivity contribution in [1.29, 1.82) is 0 Å². The average Bonchev–Trinajstić information content (AvgIpc) is 2.62. The smallest absolute Gasteiger partial charge is 0.242 e. The van der Waals surface area contributed by atoms with Crippen LogP contribution in [0.3, 0.4) is 0 Å². The maximum absolute atomic E-state index is 12.6. The van der Waals surface area contributed by atoms with Crippen LogP contribution in [-0.4, -0.2) is 27.5 Å². The maximum atomic E-state index is 12.6. The molecular weight excluding hydrogens is 238 g/mol. The molecule has 1 aliphatic rings. The first-order chi connectivity index (χ1) is 8.91. The monoisotopic (exact) mass is 263 g/mol. The lowest BCUT2D eigenvalue weighted by Crippen LogP contribution is -2.52. The molecule has 0 aliphatic carbocycles. The Hall–Kier alpha value is -1.29. The van der Waals surface area contributed by atoms with Crippen LogP contribution in [-0.2, 0) is 11.8 Å². The van der Waals surface area contributed by atoms with Crippen LogP contribution in [0.4, 0.5) is 0 Å². The fraction of sp³-hybridized carbons (Fsp3) is 0.667. The van der Waals surface area contributed by atoms with Crippen molar-refractivity contribution in [2.75, 3.05) is 6.54 Å². The number of carbonyl (C=O) groups is 1. The Morgan fingerprint density at radius 1 is 1.37 bits per heavy atom. The van der Waals surface area contributed by atoms with Gasteiger partial charge in [0.1, 0.15) is 0 Å². The Labute approximate surface area is 115 Å². The molecule has 106 valence electrons. The molecule has 4 heteroatoms. The highest BCUT2D eigenvalue weighted by Gasteiger charge is 2.34. The van der Waals surface area contributed by atoms with E-state index in [2.05, 4.69) is 10.6 Å². The number of aromatic nitrogens is 1. The SMILES string of the molecule is Cn1cccc1C1CCCCCN1C(=O)C(C)(C)N. The molecule has 1 unspecified atom stereocenters. The molecule has 0 radical (unpaired) electrons. The predicted molar refractivity (Wildman–Crippen MR) is 76.6 cm³/mol. The van der Waals surface area contributed by atoms with Crippen molar-refractivity contribution in [3.8, 4) is 0 Å². The molecule has 2 heterocycles. The third kappa shape index (κ3) is 3.00. The van der Waals surface area contributed by atoms with Gasteiger partial charge in [-0.3, -0.25) is 4.79 Å². The van der Waals surface area contributed by atoms with Gasteiger partial charge in [0.25, 0.3) is 0 Å². The summed E-state index contributed by atoms with van der Waals surface area (Å²) in [5.41, 5.74) is 6.43. The molecule has 1 aromatic rings. The van der Waals surface area contributed by atoms with Crippen LogP contribution in [0.2, 0.25) is 0 Å². The molecule has 4 nitrogen and oxygen atoms in total. The van der Waals surface area contributed by atoms with Crippen molar-refractivity contribution in [3.63, 3.8) is 0 Å². The van der Waals surface area contributed by atoms with Crippen molar-refractivity contribution in [3.05, 3.63) is 24.0 Å². The first-order valence-corrected chi connectivity index (χ1v) is 7.12. The normalized spacial score (nSPS) is 21.3. The zero-order valence-corrected chi connectivity index (χ0v) is 12.2. The lowest BCUT2D eigenvalue weighted by Gasteiger charge is -2.35. The molecular formula is C15H25N3O. The van der Waals surface area contributed by atoms with Crippen LogP contribution in [0.1, 0.15) is 51.3 Å². The number of hydrogen-bond acceptors (Lipinski definition) is 2. The van der Waals surface area contributed by atoms with Gasteiger partial charge < -0.3 is 15.2 Å². The zero-order chi connectivity index (χ0) is 14.0. The zero-order valence-electron chi connectivity index (χ0n) is 12.2. The second-order valence-corrected chi connectivity index (χ2v) is 6.13. The van der Waals surface area contributed by atoms with Gasteiger partial charge in [0.2, 0.25) is 5.91 Å². The van der Waals surface area contributed by atoms with Gasteiger partial charge >= 0.3 is 0 Å². The Balaban J connectivity index is 2.31. The summed E-state index contributed by atoms with van der Waals surface area (Å²) in [6, 6.07) is 4.31. The third-order valence-corrected chi connectivity index (χ3v) is 3.89. The molecule has 1 saturated heterocycles. The van der Waals surface area contributed by atoms with E-state index in [1.54, 1.807) is 13.8 Å². The second kappa shape index (κ2) is 5.37. The average molecular weight is 263 g/mol. The second-order valence-electron chi connectivity index (χ2n) is 6.13. The van der Waals surface area contributed by atoms with Crippen molar-refractivity contribution >= 4 is 5.91 Å².